The van der Waals surface area contributed by atoms with Crippen LogP contribution in [0.25, 0.3) is 0 Å². The standard InChI is InChI=1S/C11H17BrN2O2/c1-8-3-5-13-11(10(8)12)14-9(4-6-15)7-16-2/h3,5,9,15H,4,6-7H2,1-2H3,(H,13,14). The highest BCUT2D eigenvalue weighted by Crippen LogP contribution is 2.24. The summed E-state index contributed by atoms with van der Waals surface area (Å²) >= 11 is 3.48. The molecule has 1 aromatic heterocycles. The van der Waals surface area contributed by atoms with E-state index in [1.165, 1.54) is 0 Å². The number of hydrogen-bond donors (Lipinski definition) is 2. The number of aromatic nitrogens is 1. The van der Waals surface area contributed by atoms with Crippen LogP contribution >= 0.6 is 15.9 Å². The van der Waals surface area contributed by atoms with Crippen molar-refractivity contribution in [2.24, 2.45) is 0 Å². The van der Waals surface area contributed by atoms with E-state index in [1.807, 2.05) is 13.0 Å². The Balaban J connectivity index is 2.72. The van der Waals surface area contributed by atoms with Gasteiger partial charge in [-0.15, -0.1) is 0 Å². The first-order valence-corrected chi connectivity index (χ1v) is 5.95. The van der Waals surface area contributed by atoms with Crippen molar-refractivity contribution in [2.75, 3.05) is 25.6 Å². The minimum absolute atomic E-state index is 0.0700. The molecule has 16 heavy (non-hydrogen) atoms. The summed E-state index contributed by atoms with van der Waals surface area (Å²) in [6, 6.07) is 2.01. The van der Waals surface area contributed by atoms with Crippen LogP contribution < -0.4 is 5.32 Å². The van der Waals surface area contributed by atoms with E-state index >= 15 is 0 Å². The van der Waals surface area contributed by atoms with Gasteiger partial charge in [0.05, 0.1) is 17.1 Å². The van der Waals surface area contributed by atoms with Gasteiger partial charge in [-0.1, -0.05) is 0 Å². The van der Waals surface area contributed by atoms with Crippen molar-refractivity contribution in [3.05, 3.63) is 22.3 Å². The lowest BCUT2D eigenvalue weighted by Crippen LogP contribution is -2.26. The fourth-order valence-corrected chi connectivity index (χ4v) is 1.74. The average molecular weight is 289 g/mol. The lowest BCUT2D eigenvalue weighted by Gasteiger charge is -2.18. The van der Waals surface area contributed by atoms with Gasteiger partial charge in [0.15, 0.2) is 0 Å². The molecule has 1 rings (SSSR count). The lowest BCUT2D eigenvalue weighted by atomic mass is 10.2. The van der Waals surface area contributed by atoms with E-state index in [-0.39, 0.29) is 12.6 Å². The van der Waals surface area contributed by atoms with Crippen molar-refractivity contribution in [3.8, 4) is 0 Å². The van der Waals surface area contributed by atoms with Gasteiger partial charge in [0.1, 0.15) is 5.82 Å². The van der Waals surface area contributed by atoms with Crippen molar-refractivity contribution >= 4 is 21.7 Å². The Kier molecular flexibility index (Phi) is 5.73. The quantitative estimate of drug-likeness (QED) is 0.840. The molecule has 0 fully saturated rings. The first-order valence-electron chi connectivity index (χ1n) is 5.16. The van der Waals surface area contributed by atoms with Gasteiger partial charge in [0.25, 0.3) is 0 Å². The second kappa shape index (κ2) is 6.83. The smallest absolute Gasteiger partial charge is 0.140 e. The molecule has 0 saturated carbocycles. The van der Waals surface area contributed by atoms with Gasteiger partial charge in [-0.05, 0) is 40.9 Å². The van der Waals surface area contributed by atoms with Crippen molar-refractivity contribution in [3.63, 3.8) is 0 Å². The maximum Gasteiger partial charge on any atom is 0.140 e. The van der Waals surface area contributed by atoms with Gasteiger partial charge in [-0.2, -0.15) is 0 Å². The molecule has 4 nitrogen and oxygen atoms in total. The highest BCUT2D eigenvalue weighted by molar-refractivity contribution is 9.10. The number of anilines is 1. The molecule has 0 radical (unpaired) electrons. The Morgan fingerprint density at radius 1 is 1.62 bits per heavy atom. The van der Waals surface area contributed by atoms with Gasteiger partial charge in [0.2, 0.25) is 0 Å². The summed E-state index contributed by atoms with van der Waals surface area (Å²) in [5, 5.41) is 12.2. The van der Waals surface area contributed by atoms with Crippen molar-refractivity contribution in [1.29, 1.82) is 0 Å². The van der Waals surface area contributed by atoms with Crippen LogP contribution in [-0.4, -0.2) is 36.5 Å². The monoisotopic (exact) mass is 288 g/mol. The Hall–Kier alpha value is -0.650. The number of nitrogens with one attached hydrogen (secondary N) is 1. The van der Waals surface area contributed by atoms with Crippen LogP contribution in [0.5, 0.6) is 0 Å². The number of aliphatic hydroxyl groups excluding tert-OH is 1. The zero-order chi connectivity index (χ0) is 12.0. The van der Waals surface area contributed by atoms with E-state index in [0.717, 1.165) is 15.9 Å². The van der Waals surface area contributed by atoms with E-state index < -0.39 is 0 Å². The lowest BCUT2D eigenvalue weighted by molar-refractivity contribution is 0.170. The third-order valence-corrected chi connectivity index (χ3v) is 3.27. The SMILES string of the molecule is COCC(CCO)Nc1nccc(C)c1Br. The van der Waals surface area contributed by atoms with E-state index in [2.05, 4.69) is 26.2 Å². The van der Waals surface area contributed by atoms with Crippen LogP contribution in [0, 0.1) is 6.92 Å². The molecule has 0 aromatic carbocycles. The number of aliphatic hydroxyl groups is 1. The fourth-order valence-electron chi connectivity index (χ4n) is 1.39. The summed E-state index contributed by atoms with van der Waals surface area (Å²) in [7, 11) is 1.64. The molecule has 2 N–H and O–H groups in total. The second-order valence-electron chi connectivity index (χ2n) is 3.60. The minimum Gasteiger partial charge on any atom is -0.396 e. The van der Waals surface area contributed by atoms with E-state index in [0.29, 0.717) is 13.0 Å². The zero-order valence-electron chi connectivity index (χ0n) is 9.53. The van der Waals surface area contributed by atoms with Gasteiger partial charge >= 0.3 is 0 Å². The van der Waals surface area contributed by atoms with Crippen LogP contribution in [-0.2, 0) is 4.74 Å². The van der Waals surface area contributed by atoms with E-state index in [1.54, 1.807) is 13.3 Å². The summed E-state index contributed by atoms with van der Waals surface area (Å²) in [5.41, 5.74) is 1.12. The summed E-state index contributed by atoms with van der Waals surface area (Å²) in [6.07, 6.45) is 2.39. The summed E-state index contributed by atoms with van der Waals surface area (Å²) in [6.45, 7) is 2.68. The number of nitrogens with zero attached hydrogens (tertiary/aromatic N) is 1. The molecule has 1 aromatic rings. The number of rotatable bonds is 6. The van der Waals surface area contributed by atoms with Gasteiger partial charge < -0.3 is 15.2 Å². The van der Waals surface area contributed by atoms with Crippen LogP contribution in [0.2, 0.25) is 0 Å². The number of methoxy groups -OCH3 is 1. The molecule has 0 aliphatic rings. The zero-order valence-corrected chi connectivity index (χ0v) is 11.1. The molecule has 0 bridgehead atoms. The molecule has 0 aliphatic heterocycles. The van der Waals surface area contributed by atoms with Gasteiger partial charge in [0, 0.05) is 19.9 Å². The third kappa shape index (κ3) is 3.73. The van der Waals surface area contributed by atoms with Crippen LogP contribution in [0.15, 0.2) is 16.7 Å². The minimum atomic E-state index is 0.0700. The topological polar surface area (TPSA) is 54.4 Å². The molecule has 0 amide bonds. The van der Waals surface area contributed by atoms with E-state index in [4.69, 9.17) is 9.84 Å². The van der Waals surface area contributed by atoms with Crippen molar-refractivity contribution < 1.29 is 9.84 Å². The fraction of sp³-hybridized carbons (Fsp3) is 0.545. The maximum atomic E-state index is 8.94. The second-order valence-corrected chi connectivity index (χ2v) is 4.39. The molecule has 5 heteroatoms. The number of hydrogen-bond acceptors (Lipinski definition) is 4. The van der Waals surface area contributed by atoms with Gasteiger partial charge in [-0.3, -0.25) is 0 Å². The molecular formula is C11H17BrN2O2. The number of aryl methyl sites for hydroxylation is 1. The first-order chi connectivity index (χ1) is 7.69. The Labute approximate surface area is 104 Å². The number of halogens is 1. The first kappa shape index (κ1) is 13.4. The molecule has 0 saturated heterocycles. The molecule has 90 valence electrons. The summed E-state index contributed by atoms with van der Waals surface area (Å²) in [4.78, 5) is 4.25. The predicted octanol–water partition coefficient (Wildman–Crippen LogP) is 1.96. The molecule has 1 atom stereocenters. The van der Waals surface area contributed by atoms with Crippen LogP contribution in [0.4, 0.5) is 5.82 Å². The summed E-state index contributed by atoms with van der Waals surface area (Å²) in [5.74, 6) is 0.788. The van der Waals surface area contributed by atoms with Crippen molar-refractivity contribution in [2.45, 2.75) is 19.4 Å². The number of ether oxygens (including phenoxy) is 1. The van der Waals surface area contributed by atoms with Crippen LogP contribution in [0.1, 0.15) is 12.0 Å². The Morgan fingerprint density at radius 2 is 2.38 bits per heavy atom. The normalized spacial score (nSPS) is 12.5. The summed E-state index contributed by atoms with van der Waals surface area (Å²) < 4.78 is 6.03. The maximum absolute atomic E-state index is 8.94. The van der Waals surface area contributed by atoms with E-state index in [9.17, 15) is 0 Å². The Morgan fingerprint density at radius 3 is 3.00 bits per heavy atom. The number of pyridine rings is 1. The molecule has 0 spiro atoms. The van der Waals surface area contributed by atoms with Crippen LogP contribution in [0.3, 0.4) is 0 Å². The predicted molar refractivity (Wildman–Crippen MR) is 67.7 cm³/mol. The molecular weight excluding hydrogens is 272 g/mol. The highest BCUT2D eigenvalue weighted by Gasteiger charge is 2.11. The largest absolute Gasteiger partial charge is 0.396 e. The molecule has 1 heterocycles. The van der Waals surface area contributed by atoms with Gasteiger partial charge in [-0.25, -0.2) is 4.98 Å². The molecule has 1 unspecified atom stereocenters. The molecule has 0 aliphatic carbocycles. The Bertz CT molecular complexity index is 328. The van der Waals surface area contributed by atoms with Crippen molar-refractivity contribution in [1.82, 2.24) is 4.98 Å². The highest BCUT2D eigenvalue weighted by atomic mass is 79.9. The average Bonchev–Trinajstić information content (AvgIpc) is 2.25. The third-order valence-electron chi connectivity index (χ3n) is 2.27.